The molecule has 0 N–H and O–H groups in total. The van der Waals surface area contributed by atoms with Gasteiger partial charge in [0.05, 0.1) is 5.41 Å². The van der Waals surface area contributed by atoms with Gasteiger partial charge in [0, 0.05) is 31.6 Å². The van der Waals surface area contributed by atoms with Crippen molar-refractivity contribution in [2.45, 2.75) is 32.6 Å². The Hall–Kier alpha value is -1.32. The highest BCUT2D eigenvalue weighted by molar-refractivity contribution is 7.53. The van der Waals surface area contributed by atoms with Crippen molar-refractivity contribution in [1.29, 1.82) is 0 Å². The van der Waals surface area contributed by atoms with Gasteiger partial charge in [0.2, 0.25) is 5.69 Å². The van der Waals surface area contributed by atoms with Gasteiger partial charge in [0.15, 0.2) is 12.3 Å². The Balaban J connectivity index is 2.15. The maximum Gasteiger partial charge on any atom is 0.210 e. The fourth-order valence-corrected chi connectivity index (χ4v) is 3.53. The van der Waals surface area contributed by atoms with Crippen molar-refractivity contribution in [3.05, 3.63) is 42.0 Å². The van der Waals surface area contributed by atoms with E-state index in [4.69, 9.17) is 4.18 Å². The number of benzene rings is 2. The fourth-order valence-electron chi connectivity index (χ4n) is 3.41. The molecule has 3 heteroatoms. The van der Waals surface area contributed by atoms with Crippen molar-refractivity contribution in [3.8, 4) is 0 Å². The van der Waals surface area contributed by atoms with E-state index in [1.54, 1.807) is 0 Å². The molecule has 0 spiro atoms. The van der Waals surface area contributed by atoms with Gasteiger partial charge in [-0.15, -0.1) is 0 Å². The zero-order valence-electron chi connectivity index (χ0n) is 12.8. The van der Waals surface area contributed by atoms with Gasteiger partial charge in [0.1, 0.15) is 0 Å². The van der Waals surface area contributed by atoms with Crippen LogP contribution in [0.5, 0.6) is 0 Å². The van der Waals surface area contributed by atoms with Gasteiger partial charge in [-0.05, 0) is 30.7 Å². The predicted molar refractivity (Wildman–Crippen MR) is 90.4 cm³/mol. The summed E-state index contributed by atoms with van der Waals surface area (Å²) in [5.74, 6) is 0. The molecule has 1 aliphatic rings. The van der Waals surface area contributed by atoms with Crippen LogP contribution >= 0.6 is 0 Å². The minimum atomic E-state index is 0.0605. The van der Waals surface area contributed by atoms with Gasteiger partial charge in [0.25, 0.3) is 0 Å². The van der Waals surface area contributed by atoms with Crippen LogP contribution in [0.3, 0.4) is 0 Å². The summed E-state index contributed by atoms with van der Waals surface area (Å²) < 4.78 is 7.22. The lowest BCUT2D eigenvalue weighted by Gasteiger charge is -2.17. The molecule has 1 heterocycles. The van der Waals surface area contributed by atoms with Crippen LogP contribution < -0.4 is 0 Å². The van der Waals surface area contributed by atoms with Crippen molar-refractivity contribution >= 4 is 35.1 Å². The summed E-state index contributed by atoms with van der Waals surface area (Å²) in [6.45, 7) is 8.46. The Kier molecular flexibility index (Phi) is 3.80. The molecule has 2 aromatic carbocycles. The smallest absolute Gasteiger partial charge is 0.210 e. The molecule has 0 bridgehead atoms. The lowest BCUT2D eigenvalue weighted by molar-refractivity contribution is -0.439. The zero-order chi connectivity index (χ0) is 15.0. The molecule has 3 rings (SSSR count). The minimum Gasteiger partial charge on any atom is -0.624 e. The lowest BCUT2D eigenvalue weighted by Crippen LogP contribution is -2.27. The van der Waals surface area contributed by atoms with E-state index in [-0.39, 0.29) is 5.41 Å². The Morgan fingerprint density at radius 3 is 2.67 bits per heavy atom. The van der Waals surface area contributed by atoms with E-state index in [0.29, 0.717) is 6.61 Å². The molecule has 0 fully saturated rings. The van der Waals surface area contributed by atoms with Crippen LogP contribution in [0.2, 0.25) is 0 Å². The van der Waals surface area contributed by atoms with Gasteiger partial charge < -0.3 is 17.1 Å². The summed E-state index contributed by atoms with van der Waals surface area (Å²) in [5.41, 5.74) is 4.24. The summed E-state index contributed by atoms with van der Waals surface area (Å²) in [6, 6.07) is 13.1. The summed E-state index contributed by atoms with van der Waals surface area (Å²) in [4.78, 5) is 0. The second-order valence-electron chi connectivity index (χ2n) is 6.22. The Morgan fingerprint density at radius 1 is 1.14 bits per heavy atom. The number of nitrogens with zero attached hydrogens (tertiary/aromatic N) is 1. The molecule has 21 heavy (non-hydrogen) atoms. The van der Waals surface area contributed by atoms with E-state index in [2.05, 4.69) is 74.7 Å². The van der Waals surface area contributed by atoms with E-state index >= 15 is 0 Å². The van der Waals surface area contributed by atoms with Crippen molar-refractivity contribution in [3.63, 3.8) is 0 Å². The van der Waals surface area contributed by atoms with Crippen molar-refractivity contribution in [2.24, 2.45) is 0 Å². The molecule has 0 saturated carbocycles. The highest BCUT2D eigenvalue weighted by Gasteiger charge is 2.43. The van der Waals surface area contributed by atoms with Crippen LogP contribution in [0.15, 0.2) is 36.4 Å². The molecule has 0 radical (unpaired) electrons. The van der Waals surface area contributed by atoms with Crippen LogP contribution in [0.1, 0.15) is 32.8 Å². The van der Waals surface area contributed by atoms with Crippen LogP contribution in [0.25, 0.3) is 10.8 Å². The fraction of sp³-hybridized carbons (Fsp3) is 0.389. The van der Waals surface area contributed by atoms with Gasteiger partial charge >= 0.3 is 0 Å². The molecule has 0 atom stereocenters. The van der Waals surface area contributed by atoms with Crippen LogP contribution in [0.4, 0.5) is 5.69 Å². The number of hydrogen-bond donors (Lipinski definition) is 0. The normalized spacial score (nSPS) is 16.6. The summed E-state index contributed by atoms with van der Waals surface area (Å²) >= 11 is 4.58. The van der Waals surface area contributed by atoms with E-state index < -0.39 is 0 Å². The standard InChI is InChI=1S/C18H21NOS/c1-13-18(2,3)17-15-8-5-4-7-14(15)9-10-16(17)19(13)11-6-12-20-21/h4-5,7-10H,6,11-12H2,1-3H3. The van der Waals surface area contributed by atoms with Crippen molar-refractivity contribution in [1.82, 2.24) is 0 Å². The van der Waals surface area contributed by atoms with Gasteiger partial charge in [-0.3, -0.25) is 0 Å². The Bertz CT molecular complexity index is 718. The first kappa shape index (κ1) is 14.6. The first-order chi connectivity index (χ1) is 10.1. The quantitative estimate of drug-likeness (QED) is 0.478. The van der Waals surface area contributed by atoms with Crippen LogP contribution in [-0.2, 0) is 22.5 Å². The molecular weight excluding hydrogens is 278 g/mol. The summed E-state index contributed by atoms with van der Waals surface area (Å²) in [5, 5.41) is 2.68. The molecule has 2 aromatic rings. The average Bonchev–Trinajstić information content (AvgIpc) is 2.68. The second-order valence-corrected chi connectivity index (χ2v) is 6.45. The SMILES string of the molecule is CC1=[N+](CCCO[S-])c2ccc3ccccc3c2C1(C)C. The maximum absolute atomic E-state index is 4.79. The average molecular weight is 299 g/mol. The maximum atomic E-state index is 4.79. The molecule has 0 saturated heterocycles. The molecule has 110 valence electrons. The number of fused-ring (bicyclic) bond motifs is 3. The second kappa shape index (κ2) is 5.47. The van der Waals surface area contributed by atoms with E-state index in [9.17, 15) is 0 Å². The van der Waals surface area contributed by atoms with E-state index in [1.807, 2.05) is 0 Å². The minimum absolute atomic E-state index is 0.0605. The monoisotopic (exact) mass is 299 g/mol. The molecule has 0 aliphatic carbocycles. The highest BCUT2D eigenvalue weighted by Crippen LogP contribution is 2.43. The first-order valence-electron chi connectivity index (χ1n) is 7.46. The topological polar surface area (TPSA) is 12.2 Å². The Morgan fingerprint density at radius 2 is 1.90 bits per heavy atom. The van der Waals surface area contributed by atoms with E-state index in [0.717, 1.165) is 13.0 Å². The molecule has 0 amide bonds. The van der Waals surface area contributed by atoms with Crippen LogP contribution in [0, 0.1) is 0 Å². The predicted octanol–water partition coefficient (Wildman–Crippen LogP) is 4.10. The first-order valence-corrected chi connectivity index (χ1v) is 7.79. The Labute approximate surface area is 132 Å². The zero-order valence-corrected chi connectivity index (χ0v) is 13.7. The van der Waals surface area contributed by atoms with Gasteiger partial charge in [-0.2, -0.15) is 4.58 Å². The van der Waals surface area contributed by atoms with Gasteiger partial charge in [-0.25, -0.2) is 0 Å². The molecule has 2 nitrogen and oxygen atoms in total. The third-order valence-electron chi connectivity index (χ3n) is 4.74. The third-order valence-corrected chi connectivity index (χ3v) is 4.91. The molecule has 0 unspecified atom stereocenters. The van der Waals surface area contributed by atoms with Crippen molar-refractivity contribution in [2.75, 3.05) is 13.2 Å². The highest BCUT2D eigenvalue weighted by atomic mass is 32.1. The lowest BCUT2D eigenvalue weighted by atomic mass is 9.80. The summed E-state index contributed by atoms with van der Waals surface area (Å²) in [7, 11) is 0. The molecule has 0 aromatic heterocycles. The van der Waals surface area contributed by atoms with E-state index in [1.165, 1.54) is 27.7 Å². The van der Waals surface area contributed by atoms with Crippen LogP contribution in [-0.4, -0.2) is 23.4 Å². The largest absolute Gasteiger partial charge is 0.624 e. The summed E-state index contributed by atoms with van der Waals surface area (Å²) in [6.07, 6.45) is 0.948. The van der Waals surface area contributed by atoms with Crippen molar-refractivity contribution < 1.29 is 8.76 Å². The molecule has 1 aliphatic heterocycles. The molecular formula is C18H21NOS. The third kappa shape index (κ3) is 2.29. The number of rotatable bonds is 4. The number of hydrogen-bond acceptors (Lipinski definition) is 2. The van der Waals surface area contributed by atoms with Gasteiger partial charge in [-0.1, -0.05) is 24.3 Å².